The van der Waals surface area contributed by atoms with Crippen LogP contribution < -0.4 is 5.32 Å². The summed E-state index contributed by atoms with van der Waals surface area (Å²) in [5.74, 6) is 0.885. The number of furan rings is 1. The van der Waals surface area contributed by atoms with Crippen molar-refractivity contribution in [2.45, 2.75) is 32.9 Å². The molecule has 0 atom stereocenters. The molecular formula is C13H23NO3. The first-order chi connectivity index (χ1) is 8.36. The third-order valence-corrected chi connectivity index (χ3v) is 2.35. The Morgan fingerprint density at radius 2 is 2.24 bits per heavy atom. The molecule has 1 aromatic heterocycles. The highest BCUT2D eigenvalue weighted by molar-refractivity contribution is 5.11. The summed E-state index contributed by atoms with van der Waals surface area (Å²) in [6.07, 6.45) is 3.85. The first-order valence-corrected chi connectivity index (χ1v) is 6.20. The third-order valence-electron chi connectivity index (χ3n) is 2.35. The van der Waals surface area contributed by atoms with Crippen molar-refractivity contribution in [2.24, 2.45) is 0 Å². The summed E-state index contributed by atoms with van der Waals surface area (Å²) in [6.45, 7) is 6.04. The van der Waals surface area contributed by atoms with Gasteiger partial charge in [0.1, 0.15) is 12.4 Å². The molecule has 0 aliphatic carbocycles. The van der Waals surface area contributed by atoms with E-state index in [-0.39, 0.29) is 0 Å². The van der Waals surface area contributed by atoms with Gasteiger partial charge >= 0.3 is 0 Å². The molecule has 17 heavy (non-hydrogen) atoms. The van der Waals surface area contributed by atoms with Gasteiger partial charge in [0.15, 0.2) is 0 Å². The minimum absolute atomic E-state index is 0.539. The van der Waals surface area contributed by atoms with Gasteiger partial charge in [0.05, 0.1) is 6.26 Å². The number of methoxy groups -OCH3 is 1. The van der Waals surface area contributed by atoms with Crippen LogP contribution in [0.3, 0.4) is 0 Å². The zero-order valence-electron chi connectivity index (χ0n) is 10.8. The highest BCUT2D eigenvalue weighted by Gasteiger charge is 2.01. The number of hydrogen-bond acceptors (Lipinski definition) is 4. The lowest BCUT2D eigenvalue weighted by Gasteiger charge is -2.01. The van der Waals surface area contributed by atoms with Crippen LogP contribution in [-0.2, 0) is 22.6 Å². The van der Waals surface area contributed by atoms with Gasteiger partial charge in [0, 0.05) is 32.4 Å². The van der Waals surface area contributed by atoms with Crippen molar-refractivity contribution in [3.8, 4) is 0 Å². The maximum absolute atomic E-state index is 5.47. The van der Waals surface area contributed by atoms with E-state index < -0.39 is 0 Å². The second kappa shape index (κ2) is 9.22. The summed E-state index contributed by atoms with van der Waals surface area (Å²) in [6, 6.07) is 2.04. The fraction of sp³-hybridized carbons (Fsp3) is 0.692. The highest BCUT2D eigenvalue weighted by Crippen LogP contribution is 2.09. The van der Waals surface area contributed by atoms with Crippen molar-refractivity contribution in [2.75, 3.05) is 26.9 Å². The van der Waals surface area contributed by atoms with Crippen LogP contribution in [0.5, 0.6) is 0 Å². The molecule has 0 unspecified atom stereocenters. The van der Waals surface area contributed by atoms with E-state index in [0.717, 1.165) is 38.3 Å². The summed E-state index contributed by atoms with van der Waals surface area (Å²) in [7, 11) is 1.70. The first kappa shape index (κ1) is 14.2. The molecule has 0 saturated carbocycles. The zero-order valence-corrected chi connectivity index (χ0v) is 10.8. The van der Waals surface area contributed by atoms with Crippen LogP contribution >= 0.6 is 0 Å². The Bertz CT molecular complexity index is 286. The van der Waals surface area contributed by atoms with Crippen molar-refractivity contribution < 1.29 is 13.9 Å². The van der Waals surface area contributed by atoms with Gasteiger partial charge in [0.25, 0.3) is 0 Å². The largest absolute Gasteiger partial charge is 0.467 e. The molecular weight excluding hydrogens is 218 g/mol. The molecule has 0 spiro atoms. The minimum Gasteiger partial charge on any atom is -0.467 e. The Kier molecular flexibility index (Phi) is 7.71. The van der Waals surface area contributed by atoms with Crippen LogP contribution in [-0.4, -0.2) is 26.9 Å². The molecule has 0 fully saturated rings. The average molecular weight is 241 g/mol. The second-order valence-electron chi connectivity index (χ2n) is 4.00. The SMILES string of the molecule is CCCNCc1coc(COCCCOC)c1. The molecule has 1 rings (SSSR count). The van der Waals surface area contributed by atoms with Crippen molar-refractivity contribution in [3.63, 3.8) is 0 Å². The van der Waals surface area contributed by atoms with Gasteiger partial charge in [-0.1, -0.05) is 6.92 Å². The Hall–Kier alpha value is -0.840. The topological polar surface area (TPSA) is 43.6 Å². The molecule has 4 nitrogen and oxygen atoms in total. The standard InChI is InChI=1S/C13H23NO3/c1-3-5-14-9-12-8-13(17-10-12)11-16-7-4-6-15-2/h8,10,14H,3-7,9,11H2,1-2H3. The monoisotopic (exact) mass is 241 g/mol. The van der Waals surface area contributed by atoms with E-state index in [2.05, 4.69) is 12.2 Å². The maximum Gasteiger partial charge on any atom is 0.129 e. The van der Waals surface area contributed by atoms with Gasteiger partial charge in [-0.2, -0.15) is 0 Å². The van der Waals surface area contributed by atoms with E-state index in [9.17, 15) is 0 Å². The van der Waals surface area contributed by atoms with Crippen LogP contribution in [0.1, 0.15) is 31.1 Å². The molecule has 1 heterocycles. The predicted molar refractivity (Wildman–Crippen MR) is 66.9 cm³/mol. The third kappa shape index (κ3) is 6.46. The molecule has 4 heteroatoms. The zero-order chi connectivity index (χ0) is 12.3. The van der Waals surface area contributed by atoms with Crippen LogP contribution in [0.2, 0.25) is 0 Å². The Morgan fingerprint density at radius 3 is 3.00 bits per heavy atom. The van der Waals surface area contributed by atoms with Gasteiger partial charge in [-0.05, 0) is 25.5 Å². The van der Waals surface area contributed by atoms with E-state index in [1.54, 1.807) is 13.4 Å². The molecule has 0 amide bonds. The smallest absolute Gasteiger partial charge is 0.129 e. The van der Waals surface area contributed by atoms with E-state index in [1.165, 1.54) is 5.56 Å². The highest BCUT2D eigenvalue weighted by atomic mass is 16.5. The molecule has 0 aliphatic heterocycles. The van der Waals surface area contributed by atoms with Crippen molar-refractivity contribution in [3.05, 3.63) is 23.7 Å². The summed E-state index contributed by atoms with van der Waals surface area (Å²) >= 11 is 0. The fourth-order valence-corrected chi connectivity index (χ4v) is 1.48. The van der Waals surface area contributed by atoms with Crippen molar-refractivity contribution >= 4 is 0 Å². The normalized spacial score (nSPS) is 10.9. The summed E-state index contributed by atoms with van der Waals surface area (Å²) < 4.78 is 15.8. The van der Waals surface area contributed by atoms with Gasteiger partial charge in [0.2, 0.25) is 0 Å². The predicted octanol–water partition coefficient (Wildman–Crippen LogP) is 2.33. The van der Waals surface area contributed by atoms with E-state index in [1.807, 2.05) is 6.07 Å². The maximum atomic E-state index is 5.47. The lowest BCUT2D eigenvalue weighted by Crippen LogP contribution is -2.13. The first-order valence-electron chi connectivity index (χ1n) is 6.20. The van der Waals surface area contributed by atoms with Gasteiger partial charge < -0.3 is 19.2 Å². The van der Waals surface area contributed by atoms with E-state index in [0.29, 0.717) is 13.2 Å². The van der Waals surface area contributed by atoms with Crippen LogP contribution in [0.15, 0.2) is 16.7 Å². The van der Waals surface area contributed by atoms with Crippen molar-refractivity contribution in [1.82, 2.24) is 5.32 Å². The second-order valence-corrected chi connectivity index (χ2v) is 4.00. The van der Waals surface area contributed by atoms with E-state index in [4.69, 9.17) is 13.9 Å². The Labute approximate surface area is 103 Å². The average Bonchev–Trinajstić information content (AvgIpc) is 2.77. The number of ether oxygens (including phenoxy) is 2. The lowest BCUT2D eigenvalue weighted by molar-refractivity contribution is 0.0827. The molecule has 0 aliphatic rings. The van der Waals surface area contributed by atoms with Crippen LogP contribution in [0, 0.1) is 0 Å². The van der Waals surface area contributed by atoms with Gasteiger partial charge in [-0.15, -0.1) is 0 Å². The number of nitrogens with one attached hydrogen (secondary N) is 1. The van der Waals surface area contributed by atoms with Crippen LogP contribution in [0.4, 0.5) is 0 Å². The van der Waals surface area contributed by atoms with Crippen LogP contribution in [0.25, 0.3) is 0 Å². The summed E-state index contributed by atoms with van der Waals surface area (Å²) in [4.78, 5) is 0. The number of hydrogen-bond donors (Lipinski definition) is 1. The van der Waals surface area contributed by atoms with Crippen molar-refractivity contribution in [1.29, 1.82) is 0 Å². The molecule has 0 bridgehead atoms. The minimum atomic E-state index is 0.539. The Balaban J connectivity index is 2.12. The molecule has 0 saturated heterocycles. The summed E-state index contributed by atoms with van der Waals surface area (Å²) in [5.41, 5.74) is 1.17. The van der Waals surface area contributed by atoms with Gasteiger partial charge in [-0.3, -0.25) is 0 Å². The lowest BCUT2D eigenvalue weighted by atomic mass is 10.3. The van der Waals surface area contributed by atoms with Gasteiger partial charge in [-0.25, -0.2) is 0 Å². The molecule has 0 aromatic carbocycles. The molecule has 0 radical (unpaired) electrons. The quantitative estimate of drug-likeness (QED) is 0.638. The van der Waals surface area contributed by atoms with E-state index >= 15 is 0 Å². The number of rotatable bonds is 10. The fourth-order valence-electron chi connectivity index (χ4n) is 1.48. The summed E-state index contributed by atoms with van der Waals surface area (Å²) in [5, 5.41) is 3.33. The molecule has 98 valence electrons. The Morgan fingerprint density at radius 1 is 1.35 bits per heavy atom. The molecule has 1 aromatic rings. The molecule has 1 N–H and O–H groups in total.